The Bertz CT molecular complexity index is 1220. The molecule has 31 heavy (non-hydrogen) atoms. The molecule has 8 heteroatoms. The van der Waals surface area contributed by atoms with Crippen molar-refractivity contribution in [2.24, 2.45) is 5.92 Å². The number of nitrogens with one attached hydrogen (secondary N) is 1. The molecule has 0 unspecified atom stereocenters. The van der Waals surface area contributed by atoms with Crippen LogP contribution in [0.5, 0.6) is 0 Å². The van der Waals surface area contributed by atoms with Gasteiger partial charge in [0.15, 0.2) is 0 Å². The molecule has 1 saturated heterocycles. The zero-order valence-electron chi connectivity index (χ0n) is 17.1. The summed E-state index contributed by atoms with van der Waals surface area (Å²) in [5.41, 5.74) is 8.51. The highest BCUT2D eigenvalue weighted by atomic mass is 19.1. The van der Waals surface area contributed by atoms with E-state index in [1.165, 1.54) is 12.3 Å². The van der Waals surface area contributed by atoms with Gasteiger partial charge in [-0.15, -0.1) is 0 Å². The quantitative estimate of drug-likeness (QED) is 0.677. The number of anilines is 1. The number of aromatic nitrogens is 2. The summed E-state index contributed by atoms with van der Waals surface area (Å²) in [5, 5.41) is 3.54. The van der Waals surface area contributed by atoms with Crippen LogP contribution in [0.15, 0.2) is 36.5 Å². The number of pyridine rings is 2. The number of rotatable bonds is 4. The molecule has 2 aliphatic rings. The maximum Gasteiger partial charge on any atom is 0.253 e. The molecule has 1 saturated carbocycles. The molecular formula is C23H22FN5O2. The fraction of sp³-hybridized carbons (Fsp3) is 0.304. The predicted octanol–water partition coefficient (Wildman–Crippen LogP) is 2.68. The van der Waals surface area contributed by atoms with Crippen LogP contribution in [0.25, 0.3) is 22.2 Å². The molecular weight excluding hydrogens is 397 g/mol. The van der Waals surface area contributed by atoms with Gasteiger partial charge in [-0.2, -0.15) is 0 Å². The number of fused-ring (bicyclic) bond motifs is 1. The maximum atomic E-state index is 14.0. The minimum absolute atomic E-state index is 0.0787. The average molecular weight is 419 g/mol. The molecule has 1 aliphatic carbocycles. The molecule has 158 valence electrons. The molecule has 7 nitrogen and oxygen atoms in total. The van der Waals surface area contributed by atoms with E-state index in [1.54, 1.807) is 36.1 Å². The molecule has 0 atom stereocenters. The standard InChI is InChI=1S/C23H22FN5O2/c1-12-15(3-2-4-18(12)24)19-8-7-16-17(9-26-21(25)20(16)28-19)22(30)27-14-10-29(11-14)23(31)13-5-6-13/h2-4,7-9,13-14H,5-6,10-11H2,1H3,(H2,25,26)(H,27,30). The average Bonchev–Trinajstić information content (AvgIpc) is 3.57. The topological polar surface area (TPSA) is 101 Å². The fourth-order valence-electron chi connectivity index (χ4n) is 3.95. The Morgan fingerprint density at radius 3 is 2.71 bits per heavy atom. The molecule has 0 radical (unpaired) electrons. The molecule has 5 rings (SSSR count). The Balaban J connectivity index is 1.39. The van der Waals surface area contributed by atoms with Crippen LogP contribution in [0.4, 0.5) is 10.2 Å². The summed E-state index contributed by atoms with van der Waals surface area (Å²) in [7, 11) is 0. The van der Waals surface area contributed by atoms with Gasteiger partial charge in [0, 0.05) is 36.2 Å². The van der Waals surface area contributed by atoms with Crippen LogP contribution in [-0.2, 0) is 4.79 Å². The Morgan fingerprint density at radius 1 is 1.19 bits per heavy atom. The third kappa shape index (κ3) is 3.48. The van der Waals surface area contributed by atoms with E-state index in [4.69, 9.17) is 5.73 Å². The largest absolute Gasteiger partial charge is 0.382 e. The van der Waals surface area contributed by atoms with Gasteiger partial charge in [0.2, 0.25) is 5.91 Å². The third-order valence-corrected chi connectivity index (χ3v) is 6.00. The van der Waals surface area contributed by atoms with E-state index in [2.05, 4.69) is 15.3 Å². The van der Waals surface area contributed by atoms with E-state index in [9.17, 15) is 14.0 Å². The van der Waals surface area contributed by atoms with Gasteiger partial charge < -0.3 is 16.0 Å². The first kappa shape index (κ1) is 19.4. The van der Waals surface area contributed by atoms with Crippen LogP contribution in [0.2, 0.25) is 0 Å². The molecule has 3 N–H and O–H groups in total. The van der Waals surface area contributed by atoms with Gasteiger partial charge in [-0.3, -0.25) is 9.59 Å². The number of carbonyl (C=O) groups is 2. The first-order valence-corrected chi connectivity index (χ1v) is 10.3. The Labute approximate surface area is 178 Å². The van der Waals surface area contributed by atoms with Crippen LogP contribution < -0.4 is 11.1 Å². The van der Waals surface area contributed by atoms with Crippen molar-refractivity contribution in [2.75, 3.05) is 18.8 Å². The zero-order chi connectivity index (χ0) is 21.7. The highest BCUT2D eigenvalue weighted by Gasteiger charge is 2.39. The third-order valence-electron chi connectivity index (χ3n) is 6.00. The summed E-state index contributed by atoms with van der Waals surface area (Å²) in [4.78, 5) is 35.4. The number of nitrogen functional groups attached to an aromatic ring is 1. The second kappa shape index (κ2) is 7.30. The minimum Gasteiger partial charge on any atom is -0.382 e. The molecule has 3 heterocycles. The summed E-state index contributed by atoms with van der Waals surface area (Å²) < 4.78 is 14.0. The van der Waals surface area contributed by atoms with Crippen molar-refractivity contribution in [3.05, 3.63) is 53.5 Å². The lowest BCUT2D eigenvalue weighted by Gasteiger charge is -2.39. The van der Waals surface area contributed by atoms with E-state index in [0.29, 0.717) is 46.4 Å². The van der Waals surface area contributed by atoms with E-state index >= 15 is 0 Å². The van der Waals surface area contributed by atoms with E-state index in [-0.39, 0.29) is 35.4 Å². The van der Waals surface area contributed by atoms with Gasteiger partial charge in [-0.1, -0.05) is 12.1 Å². The minimum atomic E-state index is -0.312. The van der Waals surface area contributed by atoms with Gasteiger partial charge in [-0.05, 0) is 43.5 Å². The summed E-state index contributed by atoms with van der Waals surface area (Å²) >= 11 is 0. The van der Waals surface area contributed by atoms with Crippen molar-refractivity contribution >= 4 is 28.5 Å². The van der Waals surface area contributed by atoms with Crippen LogP contribution in [0, 0.1) is 18.7 Å². The highest BCUT2D eigenvalue weighted by Crippen LogP contribution is 2.32. The Hall–Kier alpha value is -3.55. The van der Waals surface area contributed by atoms with Crippen LogP contribution >= 0.6 is 0 Å². The molecule has 2 aromatic heterocycles. The predicted molar refractivity (Wildman–Crippen MR) is 115 cm³/mol. The zero-order valence-corrected chi connectivity index (χ0v) is 17.1. The molecule has 0 bridgehead atoms. The number of hydrogen-bond acceptors (Lipinski definition) is 5. The van der Waals surface area contributed by atoms with E-state index < -0.39 is 0 Å². The van der Waals surface area contributed by atoms with Crippen LogP contribution in [-0.4, -0.2) is 45.8 Å². The van der Waals surface area contributed by atoms with Gasteiger partial charge in [0.1, 0.15) is 17.2 Å². The van der Waals surface area contributed by atoms with Gasteiger partial charge in [0.25, 0.3) is 5.91 Å². The number of carbonyl (C=O) groups excluding carboxylic acids is 2. The number of benzene rings is 1. The smallest absolute Gasteiger partial charge is 0.253 e. The number of nitrogens with zero attached hydrogens (tertiary/aromatic N) is 3. The number of halogens is 1. The Morgan fingerprint density at radius 2 is 1.97 bits per heavy atom. The van der Waals surface area contributed by atoms with Crippen molar-refractivity contribution in [1.29, 1.82) is 0 Å². The maximum absolute atomic E-state index is 14.0. The second-order valence-corrected chi connectivity index (χ2v) is 8.25. The normalized spacial score (nSPS) is 16.3. The van der Waals surface area contributed by atoms with Crippen LogP contribution in [0.1, 0.15) is 28.8 Å². The lowest BCUT2D eigenvalue weighted by Crippen LogP contribution is -2.61. The monoisotopic (exact) mass is 419 g/mol. The van der Waals surface area contributed by atoms with Crippen molar-refractivity contribution in [1.82, 2.24) is 20.2 Å². The molecule has 3 aromatic rings. The molecule has 0 spiro atoms. The number of likely N-dealkylation sites (tertiary alicyclic amines) is 1. The summed E-state index contributed by atoms with van der Waals surface area (Å²) in [6.45, 7) is 2.75. The second-order valence-electron chi connectivity index (χ2n) is 8.25. The lowest BCUT2D eigenvalue weighted by atomic mass is 10.0. The Kier molecular flexibility index (Phi) is 4.57. The van der Waals surface area contributed by atoms with Crippen molar-refractivity contribution in [3.8, 4) is 11.3 Å². The number of nitrogens with two attached hydrogens (primary N) is 1. The van der Waals surface area contributed by atoms with Gasteiger partial charge >= 0.3 is 0 Å². The van der Waals surface area contributed by atoms with E-state index in [0.717, 1.165) is 12.8 Å². The SMILES string of the molecule is Cc1c(F)cccc1-c1ccc2c(C(=O)NC3CN(C(=O)C4CC4)C3)cnc(N)c2n1. The van der Waals surface area contributed by atoms with Gasteiger partial charge in [-0.25, -0.2) is 14.4 Å². The molecule has 1 aromatic carbocycles. The van der Waals surface area contributed by atoms with Crippen molar-refractivity contribution in [3.63, 3.8) is 0 Å². The van der Waals surface area contributed by atoms with E-state index in [1.807, 2.05) is 0 Å². The van der Waals surface area contributed by atoms with Crippen LogP contribution in [0.3, 0.4) is 0 Å². The summed E-state index contributed by atoms with van der Waals surface area (Å²) in [6.07, 6.45) is 3.38. The number of amides is 2. The first-order chi connectivity index (χ1) is 14.9. The van der Waals surface area contributed by atoms with Gasteiger partial charge in [0.05, 0.1) is 17.3 Å². The molecule has 2 fully saturated rings. The van der Waals surface area contributed by atoms with Crippen molar-refractivity contribution < 1.29 is 14.0 Å². The number of hydrogen-bond donors (Lipinski definition) is 2. The highest BCUT2D eigenvalue weighted by molar-refractivity contribution is 6.08. The fourth-order valence-corrected chi connectivity index (χ4v) is 3.95. The lowest BCUT2D eigenvalue weighted by molar-refractivity contribution is -0.137. The summed E-state index contributed by atoms with van der Waals surface area (Å²) in [6, 6.07) is 8.25. The molecule has 2 amide bonds. The van der Waals surface area contributed by atoms with Crippen molar-refractivity contribution in [2.45, 2.75) is 25.8 Å². The first-order valence-electron chi connectivity index (χ1n) is 10.3. The summed E-state index contributed by atoms with van der Waals surface area (Å²) in [5.74, 6) is -0.0171. The molecule has 1 aliphatic heterocycles.